The first-order chi connectivity index (χ1) is 28.4. The van der Waals surface area contributed by atoms with Gasteiger partial charge in [-0.3, -0.25) is 30.0 Å². The summed E-state index contributed by atoms with van der Waals surface area (Å²) in [7, 11) is 0. The minimum atomic E-state index is -0.679. The van der Waals surface area contributed by atoms with Gasteiger partial charge in [0.25, 0.3) is 0 Å². The van der Waals surface area contributed by atoms with Gasteiger partial charge in [0, 0.05) is 16.7 Å². The van der Waals surface area contributed by atoms with Crippen molar-refractivity contribution in [3.63, 3.8) is 0 Å². The van der Waals surface area contributed by atoms with Crippen molar-refractivity contribution in [2.75, 3.05) is 4.90 Å². The molecular weight excluding hydrogens is 745 g/mol. The Morgan fingerprint density at radius 3 is 1.73 bits per heavy atom. The molecule has 59 heavy (non-hydrogen) atoms. The summed E-state index contributed by atoms with van der Waals surface area (Å²) >= 11 is 1.71. The highest BCUT2D eigenvalue weighted by molar-refractivity contribution is 7.21. The maximum absolute atomic E-state index is 5.36. The maximum atomic E-state index is 5.36. The number of nitrogens with zero attached hydrogens (tertiary/aromatic N) is 8. The number of fused-ring (bicyclic) bond motifs is 5. The van der Waals surface area contributed by atoms with Crippen LogP contribution in [0.15, 0.2) is 163 Å². The molecule has 8 aromatic rings. The van der Waals surface area contributed by atoms with Crippen molar-refractivity contribution >= 4 is 49.4 Å². The average molecular weight is 785 g/mol. The largest absolute Gasteiger partial charge is 0.304 e. The Labute approximate surface area is 344 Å². The number of hydrogen-bond donors (Lipinski definition) is 0. The lowest BCUT2D eigenvalue weighted by molar-refractivity contribution is 0.549. The van der Waals surface area contributed by atoms with Crippen molar-refractivity contribution in [3.8, 4) is 32.8 Å². The van der Waals surface area contributed by atoms with E-state index in [1.807, 2.05) is 26.0 Å². The molecule has 0 aliphatic carbocycles. The number of rotatable bonds is 6. The molecule has 0 N–H and O–H groups in total. The Morgan fingerprint density at radius 1 is 0.424 bits per heavy atom. The van der Waals surface area contributed by atoms with Crippen LogP contribution in [0.25, 0.3) is 53.8 Å². The zero-order valence-corrected chi connectivity index (χ0v) is 34.5. The first-order valence-corrected chi connectivity index (χ1v) is 20.8. The smallest absolute Gasteiger partial charge is 0.146 e. The second-order valence-electron chi connectivity index (χ2n) is 16.9. The van der Waals surface area contributed by atoms with Gasteiger partial charge < -0.3 is 4.90 Å². The third-order valence-corrected chi connectivity index (χ3v) is 12.2. The van der Waals surface area contributed by atoms with E-state index in [0.29, 0.717) is 0 Å². The Bertz CT molecular complexity index is 3450. The van der Waals surface area contributed by atoms with E-state index in [9.17, 15) is 0 Å². The molecule has 0 fully saturated rings. The normalized spacial score (nSPS) is 16.2. The number of benzene rings is 7. The average Bonchev–Trinajstić information content (AvgIpc) is 3.97. The van der Waals surface area contributed by atoms with Gasteiger partial charge in [-0.15, -0.1) is 11.3 Å². The summed E-state index contributed by atoms with van der Waals surface area (Å²) in [6.45, 7) is 12.3. The fourth-order valence-corrected chi connectivity index (χ4v) is 9.65. The molecule has 0 saturated carbocycles. The Hall–Kier alpha value is -6.71. The molecule has 0 spiro atoms. The maximum Gasteiger partial charge on any atom is 0.146 e. The molecule has 4 heterocycles. The van der Waals surface area contributed by atoms with Gasteiger partial charge in [0.2, 0.25) is 0 Å². The standard InChI is InChI=1S/C50H40N8S/c1-48(2)52-37-18-12-19-38(44(37)55-48)58(40-28-26-35(43-46(40)57-50(5,6)54-43)34-16-11-14-29-13-7-8-15-32(29)34)39-27-25-33(42-45(39)56-49(3,4)53-42)30-21-23-31(24-22-30)47-51-36-17-9-10-20-41(36)59-47/h7-28H,1-6H3. The van der Waals surface area contributed by atoms with Crippen molar-refractivity contribution in [1.82, 2.24) is 4.98 Å². The minimum Gasteiger partial charge on any atom is -0.304 e. The summed E-state index contributed by atoms with van der Waals surface area (Å²) in [5, 5.41) is 8.40. The molecular formula is C50H40N8S. The number of hydrogen-bond acceptors (Lipinski definition) is 9. The summed E-state index contributed by atoms with van der Waals surface area (Å²) < 4.78 is 1.18. The molecule has 0 saturated heterocycles. The van der Waals surface area contributed by atoms with Crippen LogP contribution in [0.3, 0.4) is 0 Å². The van der Waals surface area contributed by atoms with Crippen molar-refractivity contribution < 1.29 is 0 Å². The summed E-state index contributed by atoms with van der Waals surface area (Å²) in [5.74, 6) is 0. The first kappa shape index (κ1) is 35.5. The van der Waals surface area contributed by atoms with E-state index in [4.69, 9.17) is 34.9 Å². The molecule has 0 atom stereocenters. The molecule has 286 valence electrons. The van der Waals surface area contributed by atoms with Crippen LogP contribution in [-0.2, 0) is 0 Å². The number of para-hydroxylation sites is 2. The molecule has 8 nitrogen and oxygen atoms in total. The molecule has 1 aromatic heterocycles. The predicted molar refractivity (Wildman–Crippen MR) is 237 cm³/mol. The number of thiazole rings is 1. The second-order valence-corrected chi connectivity index (χ2v) is 17.9. The summed E-state index contributed by atoms with van der Waals surface area (Å²) in [5.41, 5.74) is 7.08. The van der Waals surface area contributed by atoms with Crippen LogP contribution < -0.4 is 37.0 Å². The molecule has 3 aliphatic rings. The van der Waals surface area contributed by atoms with Crippen LogP contribution in [0.5, 0.6) is 0 Å². The lowest BCUT2D eigenvalue weighted by Crippen LogP contribution is -2.38. The lowest BCUT2D eigenvalue weighted by atomic mass is 9.97. The van der Waals surface area contributed by atoms with E-state index in [2.05, 4.69) is 154 Å². The Morgan fingerprint density at radius 2 is 0.983 bits per heavy atom. The van der Waals surface area contributed by atoms with Crippen molar-refractivity contribution in [3.05, 3.63) is 166 Å². The topological polar surface area (TPSA) is 90.3 Å². The van der Waals surface area contributed by atoms with Gasteiger partial charge in [0.1, 0.15) is 38.1 Å². The second kappa shape index (κ2) is 12.6. The molecule has 0 bridgehead atoms. The molecule has 9 heteroatoms. The van der Waals surface area contributed by atoms with Gasteiger partial charge in [-0.25, -0.2) is 4.98 Å². The van der Waals surface area contributed by atoms with Crippen LogP contribution in [0.1, 0.15) is 41.5 Å². The van der Waals surface area contributed by atoms with E-state index < -0.39 is 17.0 Å². The summed E-state index contributed by atoms with van der Waals surface area (Å²) in [4.78, 5) is 38.7. The van der Waals surface area contributed by atoms with Crippen molar-refractivity contribution in [2.45, 2.75) is 58.5 Å². The van der Waals surface area contributed by atoms with Gasteiger partial charge >= 0.3 is 0 Å². The SMILES string of the molecule is CC1(C)N=c2cccc(N(c3ccc(-c4ccc(-c5nc6ccccc6s5)cc4)c4c3=NC(C)(C)N=4)c3ccc(-c4cccc5ccccc45)c4c3=NC(C)(C)N=4)c2=N1. The van der Waals surface area contributed by atoms with Crippen LogP contribution in [0.4, 0.5) is 17.1 Å². The van der Waals surface area contributed by atoms with E-state index >= 15 is 0 Å². The third-order valence-electron chi connectivity index (χ3n) is 11.1. The quantitative estimate of drug-likeness (QED) is 0.169. The molecule has 0 amide bonds. The van der Waals surface area contributed by atoms with Crippen LogP contribution in [0, 0.1) is 0 Å². The molecule has 3 aliphatic heterocycles. The summed E-state index contributed by atoms with van der Waals surface area (Å²) in [6, 6.07) is 46.9. The molecule has 0 radical (unpaired) electrons. The van der Waals surface area contributed by atoms with Gasteiger partial charge in [-0.05, 0) is 112 Å². The predicted octanol–water partition coefficient (Wildman–Crippen LogP) is 8.89. The van der Waals surface area contributed by atoms with E-state index in [1.165, 1.54) is 15.5 Å². The van der Waals surface area contributed by atoms with E-state index in [1.54, 1.807) is 11.3 Å². The minimum absolute atomic E-state index is 0.600. The fraction of sp³-hybridized carbons (Fsp3) is 0.180. The monoisotopic (exact) mass is 784 g/mol. The Kier molecular flexibility index (Phi) is 7.60. The van der Waals surface area contributed by atoms with Crippen LogP contribution >= 0.6 is 11.3 Å². The van der Waals surface area contributed by atoms with E-state index in [-0.39, 0.29) is 0 Å². The lowest BCUT2D eigenvalue weighted by Gasteiger charge is -2.26. The van der Waals surface area contributed by atoms with E-state index in [0.717, 1.165) is 87.5 Å². The fourth-order valence-electron chi connectivity index (χ4n) is 8.68. The zero-order chi connectivity index (χ0) is 40.3. The zero-order valence-electron chi connectivity index (χ0n) is 33.7. The molecule has 7 aromatic carbocycles. The van der Waals surface area contributed by atoms with Gasteiger partial charge in [0.05, 0.1) is 43.4 Å². The Balaban J connectivity index is 1.14. The van der Waals surface area contributed by atoms with Gasteiger partial charge in [-0.2, -0.15) is 0 Å². The van der Waals surface area contributed by atoms with Crippen LogP contribution in [0.2, 0.25) is 0 Å². The summed E-state index contributed by atoms with van der Waals surface area (Å²) in [6.07, 6.45) is 0. The first-order valence-electron chi connectivity index (χ1n) is 20.0. The molecule has 11 rings (SSSR count). The van der Waals surface area contributed by atoms with Crippen LogP contribution in [-0.4, -0.2) is 22.0 Å². The number of aromatic nitrogens is 1. The van der Waals surface area contributed by atoms with Gasteiger partial charge in [-0.1, -0.05) is 84.9 Å². The van der Waals surface area contributed by atoms with Gasteiger partial charge in [0.15, 0.2) is 0 Å². The number of anilines is 3. The van der Waals surface area contributed by atoms with Crippen molar-refractivity contribution in [1.29, 1.82) is 0 Å². The highest BCUT2D eigenvalue weighted by atomic mass is 32.1. The molecule has 0 unspecified atom stereocenters. The highest BCUT2D eigenvalue weighted by Crippen LogP contribution is 2.35. The third kappa shape index (κ3) is 5.90. The highest BCUT2D eigenvalue weighted by Gasteiger charge is 2.31. The van der Waals surface area contributed by atoms with Crippen molar-refractivity contribution in [2.24, 2.45) is 30.0 Å².